The Kier molecular flexibility index (Phi) is 4.73. The molecule has 0 unspecified atom stereocenters. The highest BCUT2D eigenvalue weighted by atomic mass is 32.1. The average Bonchev–Trinajstić information content (AvgIpc) is 3.10. The third-order valence-corrected chi connectivity index (χ3v) is 4.66. The maximum Gasteiger partial charge on any atom is 0.273 e. The minimum atomic E-state index is -0.0285. The number of nitrogens with zero attached hydrogens (tertiary/aromatic N) is 4. The molecule has 0 spiro atoms. The number of amides is 1. The Morgan fingerprint density at radius 3 is 2.83 bits per heavy atom. The summed E-state index contributed by atoms with van der Waals surface area (Å²) in [6.45, 7) is 3.13. The van der Waals surface area contributed by atoms with Gasteiger partial charge in [-0.05, 0) is 6.07 Å². The molecule has 1 aliphatic heterocycles. The van der Waals surface area contributed by atoms with E-state index in [1.54, 1.807) is 18.7 Å². The van der Waals surface area contributed by atoms with Crippen LogP contribution in [-0.2, 0) is 6.54 Å². The molecular formula is C15H19N5O2S. The zero-order valence-electron chi connectivity index (χ0n) is 12.9. The van der Waals surface area contributed by atoms with Gasteiger partial charge in [0.2, 0.25) is 0 Å². The molecule has 3 heterocycles. The molecule has 0 radical (unpaired) electrons. The molecular weight excluding hydrogens is 314 g/mol. The van der Waals surface area contributed by atoms with Crippen molar-refractivity contribution in [2.24, 2.45) is 5.73 Å². The molecule has 1 saturated heterocycles. The number of rotatable bonds is 4. The molecule has 1 fully saturated rings. The minimum absolute atomic E-state index is 0.0285. The first kappa shape index (κ1) is 15.7. The molecule has 0 bridgehead atoms. The summed E-state index contributed by atoms with van der Waals surface area (Å²) in [5, 5.41) is 2.56. The predicted molar refractivity (Wildman–Crippen MR) is 88.9 cm³/mol. The molecule has 0 aromatic carbocycles. The monoisotopic (exact) mass is 333 g/mol. The van der Waals surface area contributed by atoms with Crippen molar-refractivity contribution in [2.45, 2.75) is 6.54 Å². The lowest BCUT2D eigenvalue weighted by Crippen LogP contribution is -2.49. The van der Waals surface area contributed by atoms with Crippen LogP contribution < -0.4 is 15.4 Å². The third kappa shape index (κ3) is 3.43. The summed E-state index contributed by atoms with van der Waals surface area (Å²) in [6, 6.07) is 3.73. The fraction of sp³-hybridized carbons (Fsp3) is 0.400. The number of ether oxygens (including phenoxy) is 1. The number of methoxy groups -OCH3 is 1. The van der Waals surface area contributed by atoms with Gasteiger partial charge in [-0.15, -0.1) is 11.3 Å². The van der Waals surface area contributed by atoms with Gasteiger partial charge in [0.1, 0.15) is 22.3 Å². The molecule has 23 heavy (non-hydrogen) atoms. The smallest absolute Gasteiger partial charge is 0.273 e. The highest BCUT2D eigenvalue weighted by Gasteiger charge is 2.24. The van der Waals surface area contributed by atoms with Crippen LogP contribution >= 0.6 is 11.3 Å². The van der Waals surface area contributed by atoms with E-state index in [4.69, 9.17) is 10.5 Å². The molecule has 2 aromatic heterocycles. The Balaban J connectivity index is 1.62. The molecule has 0 atom stereocenters. The predicted octanol–water partition coefficient (Wildman–Crippen LogP) is 0.968. The standard InChI is InChI=1S/C15H19N5O2S/c1-22-11-2-3-17-13(8-11)19-4-6-20(7-5-19)15(21)12-10-23-14(9-16)18-12/h2-3,8,10H,4-7,9,16H2,1H3. The molecule has 0 saturated carbocycles. The highest BCUT2D eigenvalue weighted by Crippen LogP contribution is 2.20. The Hall–Kier alpha value is -2.19. The number of carbonyl (C=O) groups is 1. The normalized spacial score (nSPS) is 14.9. The first-order valence-corrected chi connectivity index (χ1v) is 8.28. The van der Waals surface area contributed by atoms with E-state index >= 15 is 0 Å². The first-order valence-electron chi connectivity index (χ1n) is 7.40. The molecule has 2 N–H and O–H groups in total. The van der Waals surface area contributed by atoms with Crippen LogP contribution in [0.5, 0.6) is 5.75 Å². The second-order valence-corrected chi connectivity index (χ2v) is 6.11. The Morgan fingerprint density at radius 1 is 1.39 bits per heavy atom. The number of nitrogens with two attached hydrogens (primary N) is 1. The number of thiazole rings is 1. The van der Waals surface area contributed by atoms with E-state index in [9.17, 15) is 4.79 Å². The quantitative estimate of drug-likeness (QED) is 0.897. The number of hydrogen-bond donors (Lipinski definition) is 1. The summed E-state index contributed by atoms with van der Waals surface area (Å²) in [5.74, 6) is 1.63. The van der Waals surface area contributed by atoms with Gasteiger partial charge in [-0.25, -0.2) is 9.97 Å². The van der Waals surface area contributed by atoms with Gasteiger partial charge in [-0.2, -0.15) is 0 Å². The van der Waals surface area contributed by atoms with E-state index in [1.807, 2.05) is 17.0 Å². The second-order valence-electron chi connectivity index (χ2n) is 5.16. The number of hydrogen-bond acceptors (Lipinski definition) is 7. The molecule has 1 aliphatic rings. The van der Waals surface area contributed by atoms with Crippen molar-refractivity contribution in [3.05, 3.63) is 34.4 Å². The van der Waals surface area contributed by atoms with E-state index in [-0.39, 0.29) is 5.91 Å². The lowest BCUT2D eigenvalue weighted by molar-refractivity contribution is 0.0741. The van der Waals surface area contributed by atoms with Crippen LogP contribution in [0, 0.1) is 0 Å². The number of carbonyl (C=O) groups excluding carboxylic acids is 1. The van der Waals surface area contributed by atoms with Crippen LogP contribution in [0.25, 0.3) is 0 Å². The molecule has 2 aromatic rings. The van der Waals surface area contributed by atoms with Crippen molar-refractivity contribution in [1.29, 1.82) is 0 Å². The van der Waals surface area contributed by atoms with E-state index in [0.29, 0.717) is 25.3 Å². The molecule has 3 rings (SSSR count). The third-order valence-electron chi connectivity index (χ3n) is 3.79. The first-order chi connectivity index (χ1) is 11.2. The lowest BCUT2D eigenvalue weighted by atomic mass is 10.2. The van der Waals surface area contributed by atoms with Crippen LogP contribution in [0.15, 0.2) is 23.7 Å². The Labute approximate surface area is 138 Å². The summed E-state index contributed by atoms with van der Waals surface area (Å²) >= 11 is 1.43. The van der Waals surface area contributed by atoms with Crippen molar-refractivity contribution >= 4 is 23.1 Å². The zero-order valence-corrected chi connectivity index (χ0v) is 13.8. The van der Waals surface area contributed by atoms with E-state index < -0.39 is 0 Å². The second kappa shape index (κ2) is 6.93. The number of anilines is 1. The van der Waals surface area contributed by atoms with Crippen LogP contribution in [0.4, 0.5) is 5.82 Å². The molecule has 122 valence electrons. The number of aromatic nitrogens is 2. The van der Waals surface area contributed by atoms with Crippen LogP contribution in [0.2, 0.25) is 0 Å². The van der Waals surface area contributed by atoms with Crippen molar-refractivity contribution < 1.29 is 9.53 Å². The van der Waals surface area contributed by atoms with Gasteiger partial charge in [-0.3, -0.25) is 4.79 Å². The highest BCUT2D eigenvalue weighted by molar-refractivity contribution is 7.09. The van der Waals surface area contributed by atoms with Gasteiger partial charge in [0, 0.05) is 50.4 Å². The summed E-state index contributed by atoms with van der Waals surface area (Å²) < 4.78 is 5.23. The SMILES string of the molecule is COc1ccnc(N2CCN(C(=O)c3csc(CN)n3)CC2)c1. The molecule has 0 aliphatic carbocycles. The summed E-state index contributed by atoms with van der Waals surface area (Å²) in [6.07, 6.45) is 1.73. The maximum absolute atomic E-state index is 12.4. The summed E-state index contributed by atoms with van der Waals surface area (Å²) in [7, 11) is 1.64. The topological polar surface area (TPSA) is 84.6 Å². The van der Waals surface area contributed by atoms with E-state index in [0.717, 1.165) is 29.7 Å². The molecule has 1 amide bonds. The van der Waals surface area contributed by atoms with Gasteiger partial charge in [0.05, 0.1) is 7.11 Å². The molecule has 8 heteroatoms. The minimum Gasteiger partial charge on any atom is -0.497 e. The maximum atomic E-state index is 12.4. The van der Waals surface area contributed by atoms with E-state index in [1.165, 1.54) is 11.3 Å². The van der Waals surface area contributed by atoms with Gasteiger partial charge < -0.3 is 20.3 Å². The van der Waals surface area contributed by atoms with Crippen LogP contribution in [-0.4, -0.2) is 54.1 Å². The fourth-order valence-electron chi connectivity index (χ4n) is 2.50. The van der Waals surface area contributed by atoms with Gasteiger partial charge in [0.25, 0.3) is 5.91 Å². The average molecular weight is 333 g/mol. The van der Waals surface area contributed by atoms with Gasteiger partial charge >= 0.3 is 0 Å². The van der Waals surface area contributed by atoms with Gasteiger partial charge in [-0.1, -0.05) is 0 Å². The van der Waals surface area contributed by atoms with Crippen molar-refractivity contribution in [1.82, 2.24) is 14.9 Å². The van der Waals surface area contributed by atoms with Crippen LogP contribution in [0.3, 0.4) is 0 Å². The summed E-state index contributed by atoms with van der Waals surface area (Å²) in [5.41, 5.74) is 6.04. The number of pyridine rings is 1. The lowest BCUT2D eigenvalue weighted by Gasteiger charge is -2.35. The Morgan fingerprint density at radius 2 is 2.17 bits per heavy atom. The number of piperazine rings is 1. The van der Waals surface area contributed by atoms with Crippen molar-refractivity contribution in [3.8, 4) is 5.75 Å². The largest absolute Gasteiger partial charge is 0.497 e. The van der Waals surface area contributed by atoms with E-state index in [2.05, 4.69) is 14.9 Å². The summed E-state index contributed by atoms with van der Waals surface area (Å²) in [4.78, 5) is 25.1. The fourth-order valence-corrected chi connectivity index (χ4v) is 3.15. The zero-order chi connectivity index (χ0) is 16.2. The van der Waals surface area contributed by atoms with Crippen molar-refractivity contribution in [2.75, 3.05) is 38.2 Å². The van der Waals surface area contributed by atoms with Gasteiger partial charge in [0.15, 0.2) is 0 Å². The van der Waals surface area contributed by atoms with Crippen molar-refractivity contribution in [3.63, 3.8) is 0 Å². The van der Waals surface area contributed by atoms with Crippen LogP contribution in [0.1, 0.15) is 15.5 Å². The molecule has 7 nitrogen and oxygen atoms in total. The Bertz CT molecular complexity index is 682.